The Kier molecular flexibility index (Phi) is 3.90. The lowest BCUT2D eigenvalue weighted by atomic mass is 10.2. The molecule has 0 aliphatic heterocycles. The van der Waals surface area contributed by atoms with Gasteiger partial charge in [0.15, 0.2) is 11.4 Å². The molecule has 0 aromatic carbocycles. The molecule has 0 amide bonds. The van der Waals surface area contributed by atoms with Gasteiger partial charge in [-0.05, 0) is 6.92 Å². The van der Waals surface area contributed by atoms with Crippen LogP contribution in [-0.2, 0) is 4.84 Å². The van der Waals surface area contributed by atoms with E-state index in [9.17, 15) is 4.91 Å². The predicted octanol–water partition coefficient (Wildman–Crippen LogP) is -0.574. The molecular weight excluding hydrogens is 126 g/mol. The third-order valence-electron chi connectivity index (χ3n) is 0.896. The molecule has 0 saturated heterocycles. The molecule has 0 aliphatic rings. The molecule has 0 radical (unpaired) electrons. The minimum Gasteiger partial charge on any atom is -0.392 e. The largest absolute Gasteiger partial charge is 0.392 e. The van der Waals surface area contributed by atoms with Crippen molar-refractivity contribution in [3.63, 3.8) is 0 Å². The summed E-state index contributed by atoms with van der Waals surface area (Å²) in [5.74, 6) is 0. The number of hydrogen-bond acceptors (Lipinski definition) is 5. The quantitative estimate of drug-likeness (QED) is 0.399. The lowest BCUT2D eigenvalue weighted by molar-refractivity contribution is -0.0564. The van der Waals surface area contributed by atoms with Crippen LogP contribution in [0.15, 0.2) is 5.34 Å². The van der Waals surface area contributed by atoms with E-state index in [0.29, 0.717) is 0 Å². The van der Waals surface area contributed by atoms with Gasteiger partial charge in [0.2, 0.25) is 0 Å². The first-order valence-corrected chi connectivity index (χ1v) is 2.49. The van der Waals surface area contributed by atoms with Crippen LogP contribution in [0.25, 0.3) is 0 Å². The lowest BCUT2D eigenvalue weighted by Crippen LogP contribution is -2.27. The summed E-state index contributed by atoms with van der Waals surface area (Å²) in [4.78, 5) is 13.4. The predicted molar refractivity (Wildman–Crippen MR) is 29.4 cm³/mol. The van der Waals surface area contributed by atoms with Crippen LogP contribution in [0.4, 0.5) is 0 Å². The van der Waals surface area contributed by atoms with Crippen molar-refractivity contribution in [2.75, 3.05) is 6.61 Å². The van der Waals surface area contributed by atoms with Crippen LogP contribution < -0.4 is 0 Å². The van der Waals surface area contributed by atoms with Gasteiger partial charge in [-0.15, -0.1) is 4.91 Å². The molecule has 54 valence electrons. The van der Waals surface area contributed by atoms with Crippen molar-refractivity contribution < 1.29 is 15.1 Å². The number of hydrogen-bond donors (Lipinski definition) is 2. The van der Waals surface area contributed by atoms with Crippen molar-refractivity contribution in [1.82, 2.24) is 0 Å². The van der Waals surface area contributed by atoms with E-state index in [0.717, 1.165) is 0 Å². The summed E-state index contributed by atoms with van der Waals surface area (Å²) in [5.41, 5.74) is 0. The normalized spacial score (nSPS) is 16.3. The maximum Gasteiger partial charge on any atom is 0.179 e. The molecule has 0 aromatic rings. The Morgan fingerprint density at radius 3 is 2.44 bits per heavy atom. The Labute approximate surface area is 52.2 Å². The molecule has 0 aromatic heterocycles. The Balaban J connectivity index is 3.53. The molecule has 2 unspecified atom stereocenters. The van der Waals surface area contributed by atoms with Gasteiger partial charge < -0.3 is 15.1 Å². The van der Waals surface area contributed by atoms with Gasteiger partial charge in [0.1, 0.15) is 0 Å². The molecule has 0 rings (SSSR count). The minimum absolute atomic E-state index is 0.413. The van der Waals surface area contributed by atoms with Crippen molar-refractivity contribution in [3.05, 3.63) is 4.91 Å². The van der Waals surface area contributed by atoms with Crippen LogP contribution in [0.5, 0.6) is 0 Å². The van der Waals surface area contributed by atoms with E-state index < -0.39 is 18.8 Å². The highest BCUT2D eigenvalue weighted by atomic mass is 16.7. The van der Waals surface area contributed by atoms with E-state index in [4.69, 9.17) is 10.2 Å². The van der Waals surface area contributed by atoms with E-state index in [1.165, 1.54) is 6.92 Å². The van der Waals surface area contributed by atoms with Crippen LogP contribution >= 0.6 is 0 Å². The summed E-state index contributed by atoms with van der Waals surface area (Å²) in [6.45, 7) is 0.982. The van der Waals surface area contributed by atoms with E-state index in [1.807, 2.05) is 0 Å². The highest BCUT2D eigenvalue weighted by Gasteiger charge is 2.14. The summed E-state index contributed by atoms with van der Waals surface area (Å²) >= 11 is 0. The third kappa shape index (κ3) is 2.99. The van der Waals surface area contributed by atoms with Gasteiger partial charge in [-0.1, -0.05) is 0 Å². The SMILES string of the molecule is CC(O)C(CO)ON=O. The first-order chi connectivity index (χ1) is 4.22. The van der Waals surface area contributed by atoms with Gasteiger partial charge in [0.25, 0.3) is 0 Å². The number of aliphatic hydroxyl groups excluding tert-OH is 2. The van der Waals surface area contributed by atoms with Crippen molar-refractivity contribution in [2.24, 2.45) is 5.34 Å². The number of aliphatic hydroxyl groups is 2. The van der Waals surface area contributed by atoms with Gasteiger partial charge in [-0.25, -0.2) is 0 Å². The fourth-order valence-corrected chi connectivity index (χ4v) is 0.329. The van der Waals surface area contributed by atoms with Crippen molar-refractivity contribution in [1.29, 1.82) is 0 Å². The molecule has 5 nitrogen and oxygen atoms in total. The summed E-state index contributed by atoms with van der Waals surface area (Å²) in [5, 5.41) is 19.1. The summed E-state index contributed by atoms with van der Waals surface area (Å²) in [6, 6.07) is 0. The van der Waals surface area contributed by atoms with Gasteiger partial charge in [-0.2, -0.15) is 0 Å². The van der Waals surface area contributed by atoms with E-state index in [1.54, 1.807) is 0 Å². The van der Waals surface area contributed by atoms with E-state index in [2.05, 4.69) is 10.2 Å². The fraction of sp³-hybridized carbons (Fsp3) is 1.00. The minimum atomic E-state index is -0.900. The Bertz CT molecular complexity index is 84.6. The average molecular weight is 135 g/mol. The Morgan fingerprint density at radius 1 is 1.78 bits per heavy atom. The molecule has 0 heterocycles. The van der Waals surface area contributed by atoms with Crippen molar-refractivity contribution in [2.45, 2.75) is 19.1 Å². The molecule has 0 spiro atoms. The van der Waals surface area contributed by atoms with E-state index >= 15 is 0 Å². The fourth-order valence-electron chi connectivity index (χ4n) is 0.329. The second-order valence-corrected chi connectivity index (χ2v) is 1.64. The second kappa shape index (κ2) is 4.22. The lowest BCUT2D eigenvalue weighted by Gasteiger charge is -2.11. The van der Waals surface area contributed by atoms with Gasteiger partial charge >= 0.3 is 0 Å². The molecule has 0 fully saturated rings. The average Bonchev–Trinajstić information content (AvgIpc) is 1.82. The summed E-state index contributed by atoms with van der Waals surface area (Å²) in [6.07, 6.45) is -1.78. The Morgan fingerprint density at radius 2 is 2.33 bits per heavy atom. The Hall–Kier alpha value is -0.680. The van der Waals surface area contributed by atoms with E-state index in [-0.39, 0.29) is 0 Å². The highest BCUT2D eigenvalue weighted by Crippen LogP contribution is 1.96. The highest BCUT2D eigenvalue weighted by molar-refractivity contribution is 4.60. The summed E-state index contributed by atoms with van der Waals surface area (Å²) < 4.78 is 0. The zero-order chi connectivity index (χ0) is 7.28. The second-order valence-electron chi connectivity index (χ2n) is 1.64. The molecule has 9 heavy (non-hydrogen) atoms. The van der Waals surface area contributed by atoms with Gasteiger partial charge in [0, 0.05) is 0 Å². The molecule has 0 saturated carbocycles. The standard InChI is InChI=1S/C4H9NO4/c1-3(7)4(2-6)9-5-8/h3-4,6-7H,2H2,1H3. The first-order valence-electron chi connectivity index (χ1n) is 2.49. The first kappa shape index (κ1) is 8.32. The number of rotatable bonds is 4. The third-order valence-corrected chi connectivity index (χ3v) is 0.896. The van der Waals surface area contributed by atoms with Crippen LogP contribution in [0, 0.1) is 4.91 Å². The number of nitrogens with zero attached hydrogens (tertiary/aromatic N) is 1. The zero-order valence-electron chi connectivity index (χ0n) is 5.02. The molecule has 2 atom stereocenters. The maximum atomic E-state index is 9.38. The van der Waals surface area contributed by atoms with Crippen LogP contribution in [0.1, 0.15) is 6.92 Å². The van der Waals surface area contributed by atoms with Crippen LogP contribution in [0.2, 0.25) is 0 Å². The van der Waals surface area contributed by atoms with Crippen LogP contribution in [0.3, 0.4) is 0 Å². The molecule has 2 N–H and O–H groups in total. The molecule has 5 heteroatoms. The van der Waals surface area contributed by atoms with Crippen molar-refractivity contribution in [3.8, 4) is 0 Å². The van der Waals surface area contributed by atoms with Crippen LogP contribution in [-0.4, -0.2) is 29.0 Å². The monoisotopic (exact) mass is 135 g/mol. The summed E-state index contributed by atoms with van der Waals surface area (Å²) in [7, 11) is 0. The zero-order valence-corrected chi connectivity index (χ0v) is 5.02. The maximum absolute atomic E-state index is 9.38. The van der Waals surface area contributed by atoms with Gasteiger partial charge in [-0.3, -0.25) is 0 Å². The topological polar surface area (TPSA) is 79.1 Å². The molecular formula is C4H9NO4. The smallest absolute Gasteiger partial charge is 0.179 e. The molecule has 0 bridgehead atoms. The molecule has 0 aliphatic carbocycles. The van der Waals surface area contributed by atoms with Gasteiger partial charge in [0.05, 0.1) is 12.7 Å². The van der Waals surface area contributed by atoms with Crippen molar-refractivity contribution >= 4 is 0 Å².